The average Bonchev–Trinajstić information content (AvgIpc) is 2.29. The highest BCUT2D eigenvalue weighted by Gasteiger charge is 2.21. The summed E-state index contributed by atoms with van der Waals surface area (Å²) in [5.74, 6) is 0.139. The Labute approximate surface area is 95.8 Å². The minimum Gasteiger partial charge on any atom is -0.376 e. The van der Waals surface area contributed by atoms with Gasteiger partial charge >= 0.3 is 0 Å². The molecule has 1 aromatic rings. The van der Waals surface area contributed by atoms with Gasteiger partial charge in [0.25, 0.3) is 0 Å². The Balaban J connectivity index is 2.34. The van der Waals surface area contributed by atoms with Crippen LogP contribution in [0.5, 0.6) is 0 Å². The lowest BCUT2D eigenvalue weighted by Crippen LogP contribution is -2.48. The summed E-state index contributed by atoms with van der Waals surface area (Å²) < 4.78 is 0. The topological polar surface area (TPSA) is 35.6 Å². The lowest BCUT2D eigenvalue weighted by molar-refractivity contribution is -0.118. The Morgan fingerprint density at radius 1 is 1.31 bits per heavy atom. The van der Waals surface area contributed by atoms with Crippen molar-refractivity contribution in [2.75, 3.05) is 43.5 Å². The van der Waals surface area contributed by atoms with Crippen molar-refractivity contribution in [2.45, 2.75) is 0 Å². The molecule has 1 saturated heterocycles. The highest BCUT2D eigenvalue weighted by atomic mass is 16.2. The molecule has 0 atom stereocenters. The van der Waals surface area contributed by atoms with Crippen LogP contribution in [0.2, 0.25) is 0 Å². The van der Waals surface area contributed by atoms with Gasteiger partial charge in [0.05, 0.1) is 17.9 Å². The lowest BCUT2D eigenvalue weighted by atomic mass is 10.2. The van der Waals surface area contributed by atoms with Crippen molar-refractivity contribution in [1.82, 2.24) is 5.32 Å². The number of carbonyl (C=O) groups is 1. The van der Waals surface area contributed by atoms with E-state index in [-0.39, 0.29) is 5.91 Å². The van der Waals surface area contributed by atoms with E-state index >= 15 is 0 Å². The van der Waals surface area contributed by atoms with Crippen LogP contribution in [0, 0.1) is 0 Å². The zero-order chi connectivity index (χ0) is 11.5. The van der Waals surface area contributed by atoms with E-state index in [0.29, 0.717) is 6.54 Å². The van der Waals surface area contributed by atoms with Gasteiger partial charge < -0.3 is 15.1 Å². The van der Waals surface area contributed by atoms with E-state index in [1.54, 1.807) is 0 Å². The number of benzene rings is 1. The monoisotopic (exact) mass is 219 g/mol. The Kier molecular flexibility index (Phi) is 3.10. The fraction of sp³-hybridized carbons (Fsp3) is 0.417. The Morgan fingerprint density at radius 3 is 2.75 bits per heavy atom. The SMILES string of the molecule is CN(C)c1ccccc1N1CCNCC1=O. The molecular formula is C12H17N3O. The normalized spacial score (nSPS) is 16.4. The van der Waals surface area contributed by atoms with Crippen molar-refractivity contribution in [3.63, 3.8) is 0 Å². The number of anilines is 2. The Hall–Kier alpha value is -1.55. The molecule has 0 saturated carbocycles. The highest BCUT2D eigenvalue weighted by molar-refractivity contribution is 5.98. The summed E-state index contributed by atoms with van der Waals surface area (Å²) in [6.07, 6.45) is 0. The maximum Gasteiger partial charge on any atom is 0.241 e. The summed E-state index contributed by atoms with van der Waals surface area (Å²) in [4.78, 5) is 15.7. The van der Waals surface area contributed by atoms with Gasteiger partial charge in [-0.05, 0) is 12.1 Å². The maximum absolute atomic E-state index is 11.8. The Morgan fingerprint density at radius 2 is 2.06 bits per heavy atom. The van der Waals surface area contributed by atoms with Crippen molar-refractivity contribution in [1.29, 1.82) is 0 Å². The third-order valence-corrected chi connectivity index (χ3v) is 2.74. The van der Waals surface area contributed by atoms with Crippen LogP contribution < -0.4 is 15.1 Å². The molecule has 16 heavy (non-hydrogen) atoms. The van der Waals surface area contributed by atoms with E-state index in [1.807, 2.05) is 48.2 Å². The van der Waals surface area contributed by atoms with Crippen LogP contribution in [-0.2, 0) is 4.79 Å². The van der Waals surface area contributed by atoms with Gasteiger partial charge in [0, 0.05) is 27.2 Å². The highest BCUT2D eigenvalue weighted by Crippen LogP contribution is 2.28. The van der Waals surface area contributed by atoms with Crippen molar-refractivity contribution in [3.05, 3.63) is 24.3 Å². The minimum atomic E-state index is 0.139. The molecule has 1 fully saturated rings. The molecular weight excluding hydrogens is 202 g/mol. The summed E-state index contributed by atoms with van der Waals surface area (Å²) >= 11 is 0. The van der Waals surface area contributed by atoms with E-state index in [0.717, 1.165) is 24.5 Å². The van der Waals surface area contributed by atoms with Gasteiger partial charge in [0.15, 0.2) is 0 Å². The second kappa shape index (κ2) is 4.53. The third-order valence-electron chi connectivity index (χ3n) is 2.74. The van der Waals surface area contributed by atoms with E-state index in [1.165, 1.54) is 0 Å². The standard InChI is InChI=1S/C12H17N3O/c1-14(2)10-5-3-4-6-11(10)15-8-7-13-9-12(15)16/h3-6,13H,7-9H2,1-2H3. The molecule has 0 spiro atoms. The molecule has 0 bridgehead atoms. The molecule has 0 aliphatic carbocycles. The summed E-state index contributed by atoms with van der Waals surface area (Å²) in [5, 5.41) is 3.08. The second-order valence-electron chi connectivity index (χ2n) is 4.11. The molecule has 0 radical (unpaired) electrons. The first-order chi connectivity index (χ1) is 7.70. The number of nitrogens with zero attached hydrogens (tertiary/aromatic N) is 2. The second-order valence-corrected chi connectivity index (χ2v) is 4.11. The number of rotatable bonds is 2. The fourth-order valence-electron chi connectivity index (χ4n) is 1.93. The van der Waals surface area contributed by atoms with Crippen molar-refractivity contribution < 1.29 is 4.79 Å². The molecule has 4 nitrogen and oxygen atoms in total. The predicted octanol–water partition coefficient (Wildman–Crippen LogP) is 0.689. The molecule has 0 aromatic heterocycles. The number of carbonyl (C=O) groups excluding carboxylic acids is 1. The number of para-hydroxylation sites is 2. The molecule has 1 heterocycles. The van der Waals surface area contributed by atoms with Gasteiger partial charge in [-0.2, -0.15) is 0 Å². The van der Waals surface area contributed by atoms with Crippen LogP contribution in [0.1, 0.15) is 0 Å². The van der Waals surface area contributed by atoms with E-state index in [4.69, 9.17) is 0 Å². The zero-order valence-electron chi connectivity index (χ0n) is 9.73. The minimum absolute atomic E-state index is 0.139. The van der Waals surface area contributed by atoms with Crippen molar-refractivity contribution >= 4 is 17.3 Å². The molecule has 1 N–H and O–H groups in total. The Bertz CT molecular complexity index is 390. The first kappa shape index (κ1) is 11.0. The first-order valence-corrected chi connectivity index (χ1v) is 5.47. The zero-order valence-corrected chi connectivity index (χ0v) is 9.73. The van der Waals surface area contributed by atoms with Gasteiger partial charge in [0.2, 0.25) is 5.91 Å². The van der Waals surface area contributed by atoms with Crippen LogP contribution in [-0.4, -0.2) is 39.6 Å². The van der Waals surface area contributed by atoms with Crippen LogP contribution in [0.4, 0.5) is 11.4 Å². The number of hydrogen-bond donors (Lipinski definition) is 1. The molecule has 0 unspecified atom stereocenters. The maximum atomic E-state index is 11.8. The van der Waals surface area contributed by atoms with Gasteiger partial charge in [-0.3, -0.25) is 4.79 Å². The lowest BCUT2D eigenvalue weighted by Gasteiger charge is -2.30. The molecule has 1 aromatic carbocycles. The van der Waals surface area contributed by atoms with Gasteiger partial charge in [-0.25, -0.2) is 0 Å². The average molecular weight is 219 g/mol. The van der Waals surface area contributed by atoms with Crippen LogP contribution in [0.15, 0.2) is 24.3 Å². The third kappa shape index (κ3) is 2.02. The summed E-state index contributed by atoms with van der Waals surface area (Å²) in [5.41, 5.74) is 2.08. The summed E-state index contributed by atoms with van der Waals surface area (Å²) in [6.45, 7) is 2.03. The van der Waals surface area contributed by atoms with Gasteiger partial charge in [-0.15, -0.1) is 0 Å². The largest absolute Gasteiger partial charge is 0.376 e. The van der Waals surface area contributed by atoms with Crippen molar-refractivity contribution in [2.24, 2.45) is 0 Å². The predicted molar refractivity (Wildman–Crippen MR) is 66.0 cm³/mol. The molecule has 86 valence electrons. The molecule has 4 heteroatoms. The van der Waals surface area contributed by atoms with Gasteiger partial charge in [0.1, 0.15) is 0 Å². The molecule has 1 aliphatic rings. The number of piperazine rings is 1. The molecule has 2 rings (SSSR count). The number of hydrogen-bond acceptors (Lipinski definition) is 3. The fourth-order valence-corrected chi connectivity index (χ4v) is 1.93. The number of nitrogens with one attached hydrogen (secondary N) is 1. The number of amides is 1. The van der Waals surface area contributed by atoms with Gasteiger partial charge in [-0.1, -0.05) is 12.1 Å². The van der Waals surface area contributed by atoms with E-state index in [9.17, 15) is 4.79 Å². The molecule has 1 amide bonds. The van der Waals surface area contributed by atoms with Crippen LogP contribution in [0.3, 0.4) is 0 Å². The van der Waals surface area contributed by atoms with Crippen LogP contribution >= 0.6 is 0 Å². The van der Waals surface area contributed by atoms with E-state index < -0.39 is 0 Å². The van der Waals surface area contributed by atoms with Crippen LogP contribution in [0.25, 0.3) is 0 Å². The van der Waals surface area contributed by atoms with Crippen molar-refractivity contribution in [3.8, 4) is 0 Å². The molecule has 1 aliphatic heterocycles. The quantitative estimate of drug-likeness (QED) is 0.795. The summed E-state index contributed by atoms with van der Waals surface area (Å²) in [7, 11) is 3.98. The van der Waals surface area contributed by atoms with E-state index in [2.05, 4.69) is 5.32 Å². The summed E-state index contributed by atoms with van der Waals surface area (Å²) in [6, 6.07) is 7.99. The first-order valence-electron chi connectivity index (χ1n) is 5.47. The smallest absolute Gasteiger partial charge is 0.241 e.